The molecule has 0 aromatic heterocycles. The predicted octanol–water partition coefficient (Wildman–Crippen LogP) is 4.26. The molecule has 3 rings (SSSR count). The number of rotatable bonds is 6. The van der Waals surface area contributed by atoms with E-state index in [1.807, 2.05) is 55.5 Å². The second-order valence-electron chi connectivity index (χ2n) is 7.14. The Hall–Kier alpha value is -2.82. The van der Waals surface area contributed by atoms with Gasteiger partial charge >= 0.3 is 6.03 Å². The normalized spacial score (nSPS) is 16.4. The summed E-state index contributed by atoms with van der Waals surface area (Å²) >= 11 is 0. The molecule has 0 unspecified atom stereocenters. The van der Waals surface area contributed by atoms with Crippen molar-refractivity contribution in [1.82, 2.24) is 5.32 Å². The van der Waals surface area contributed by atoms with Gasteiger partial charge in [0.05, 0.1) is 6.04 Å². The highest BCUT2D eigenvalue weighted by Gasteiger charge is 2.31. The average molecular weight is 365 g/mol. The molecule has 3 amide bonds. The van der Waals surface area contributed by atoms with E-state index in [9.17, 15) is 9.59 Å². The predicted molar refractivity (Wildman–Crippen MR) is 109 cm³/mol. The van der Waals surface area contributed by atoms with E-state index in [0.29, 0.717) is 13.0 Å². The zero-order chi connectivity index (χ0) is 19.2. The second kappa shape index (κ2) is 8.71. The molecule has 1 saturated heterocycles. The Morgan fingerprint density at radius 1 is 1.11 bits per heavy atom. The number of nitrogens with one attached hydrogen (secondary N) is 2. The van der Waals surface area contributed by atoms with Crippen molar-refractivity contribution in [2.75, 3.05) is 16.8 Å². The van der Waals surface area contributed by atoms with E-state index in [1.54, 1.807) is 4.90 Å². The maximum Gasteiger partial charge on any atom is 0.319 e. The van der Waals surface area contributed by atoms with Crippen molar-refractivity contribution >= 4 is 23.3 Å². The number of carbonyl (C=O) groups excluding carboxylic acids is 2. The fourth-order valence-electron chi connectivity index (χ4n) is 3.27. The number of benzene rings is 2. The number of urea groups is 1. The van der Waals surface area contributed by atoms with Crippen LogP contribution >= 0.6 is 0 Å². The van der Waals surface area contributed by atoms with E-state index in [1.165, 1.54) is 18.4 Å². The number of nitrogens with zero attached hydrogens (tertiary/aromatic N) is 1. The van der Waals surface area contributed by atoms with Crippen molar-refractivity contribution < 1.29 is 9.59 Å². The quantitative estimate of drug-likeness (QED) is 0.803. The zero-order valence-corrected chi connectivity index (χ0v) is 16.0. The van der Waals surface area contributed by atoms with E-state index in [2.05, 4.69) is 17.6 Å². The average Bonchev–Trinajstić information content (AvgIpc) is 3.01. The molecule has 0 saturated carbocycles. The first kappa shape index (κ1) is 19.0. The van der Waals surface area contributed by atoms with E-state index in [0.717, 1.165) is 23.4 Å². The third kappa shape index (κ3) is 5.09. The first-order valence-corrected chi connectivity index (χ1v) is 9.58. The van der Waals surface area contributed by atoms with Crippen molar-refractivity contribution in [2.45, 2.75) is 45.6 Å². The third-order valence-corrected chi connectivity index (χ3v) is 4.84. The van der Waals surface area contributed by atoms with Gasteiger partial charge in [0.25, 0.3) is 0 Å². The number of anilines is 2. The van der Waals surface area contributed by atoms with Gasteiger partial charge < -0.3 is 15.5 Å². The van der Waals surface area contributed by atoms with Gasteiger partial charge in [-0.15, -0.1) is 0 Å². The summed E-state index contributed by atoms with van der Waals surface area (Å²) in [6, 6.07) is 15.3. The van der Waals surface area contributed by atoms with Gasteiger partial charge in [0, 0.05) is 24.3 Å². The van der Waals surface area contributed by atoms with Crippen LogP contribution in [-0.4, -0.2) is 24.5 Å². The van der Waals surface area contributed by atoms with Crippen LogP contribution in [-0.2, 0) is 11.2 Å². The number of hydrogen-bond acceptors (Lipinski definition) is 2. The third-order valence-electron chi connectivity index (χ3n) is 4.84. The Bertz CT molecular complexity index is 784. The molecule has 142 valence electrons. The topological polar surface area (TPSA) is 61.4 Å². The Labute approximate surface area is 160 Å². The van der Waals surface area contributed by atoms with Crippen LogP contribution in [0.4, 0.5) is 16.2 Å². The Kier molecular flexibility index (Phi) is 6.12. The number of amides is 3. The summed E-state index contributed by atoms with van der Waals surface area (Å²) in [5.74, 6) is 0.0319. The van der Waals surface area contributed by atoms with Crippen LogP contribution in [0.25, 0.3) is 0 Å². The van der Waals surface area contributed by atoms with Crippen molar-refractivity contribution in [3.8, 4) is 0 Å². The van der Waals surface area contributed by atoms with Crippen LogP contribution in [0.15, 0.2) is 48.5 Å². The fraction of sp³-hybridized carbons (Fsp3) is 0.364. The summed E-state index contributed by atoms with van der Waals surface area (Å²) in [5.41, 5.74) is 4.06. The molecule has 0 aliphatic carbocycles. The van der Waals surface area contributed by atoms with Crippen molar-refractivity contribution in [3.63, 3.8) is 0 Å². The highest BCUT2D eigenvalue weighted by atomic mass is 16.2. The van der Waals surface area contributed by atoms with Crippen molar-refractivity contribution in [2.24, 2.45) is 0 Å². The van der Waals surface area contributed by atoms with Crippen LogP contribution in [0.2, 0.25) is 0 Å². The summed E-state index contributed by atoms with van der Waals surface area (Å²) in [4.78, 5) is 26.3. The summed E-state index contributed by atoms with van der Waals surface area (Å²) < 4.78 is 0. The Morgan fingerprint density at radius 3 is 2.48 bits per heavy atom. The lowest BCUT2D eigenvalue weighted by Gasteiger charge is -2.17. The molecule has 1 heterocycles. The lowest BCUT2D eigenvalue weighted by atomic mass is 10.1. The number of carbonyl (C=O) groups is 2. The van der Waals surface area contributed by atoms with Crippen LogP contribution < -0.4 is 15.5 Å². The summed E-state index contributed by atoms with van der Waals surface area (Å²) in [7, 11) is 0. The van der Waals surface area contributed by atoms with Gasteiger partial charge in [-0.2, -0.15) is 0 Å². The molecule has 0 spiro atoms. The van der Waals surface area contributed by atoms with Gasteiger partial charge in [0.15, 0.2) is 0 Å². The number of aryl methyl sites for hydroxylation is 2. The maximum absolute atomic E-state index is 12.3. The van der Waals surface area contributed by atoms with Crippen molar-refractivity contribution in [3.05, 3.63) is 59.7 Å². The van der Waals surface area contributed by atoms with E-state index in [4.69, 9.17) is 0 Å². The van der Waals surface area contributed by atoms with Crippen LogP contribution in [0, 0.1) is 6.92 Å². The van der Waals surface area contributed by atoms with Gasteiger partial charge in [-0.1, -0.05) is 43.2 Å². The van der Waals surface area contributed by atoms with Gasteiger partial charge in [-0.25, -0.2) is 4.79 Å². The van der Waals surface area contributed by atoms with Crippen molar-refractivity contribution in [1.29, 1.82) is 0 Å². The highest BCUT2D eigenvalue weighted by Crippen LogP contribution is 2.22. The number of hydrogen-bond donors (Lipinski definition) is 2. The minimum atomic E-state index is -0.278. The Balaban J connectivity index is 1.52. The summed E-state index contributed by atoms with van der Waals surface area (Å²) in [6.45, 7) is 4.68. The Morgan fingerprint density at radius 2 is 1.81 bits per heavy atom. The summed E-state index contributed by atoms with van der Waals surface area (Å²) in [5, 5.41) is 5.75. The lowest BCUT2D eigenvalue weighted by Crippen LogP contribution is -2.39. The molecular weight excluding hydrogens is 338 g/mol. The van der Waals surface area contributed by atoms with Crippen LogP contribution in [0.3, 0.4) is 0 Å². The molecule has 2 aromatic carbocycles. The standard InChI is InChI=1S/C22H27N3O2/c1-3-4-5-17-8-10-18(11-9-17)23-22(27)24-19-14-21(26)25(15-19)20-12-6-16(2)7-13-20/h6-13,19H,3-5,14-15H2,1-2H3,(H2,23,24,27)/t19-/m1/s1. The van der Waals surface area contributed by atoms with Crippen LogP contribution in [0.1, 0.15) is 37.3 Å². The lowest BCUT2D eigenvalue weighted by molar-refractivity contribution is -0.117. The molecule has 27 heavy (non-hydrogen) atoms. The van der Waals surface area contributed by atoms with Gasteiger partial charge in [0.1, 0.15) is 0 Å². The molecule has 2 N–H and O–H groups in total. The molecule has 0 bridgehead atoms. The minimum Gasteiger partial charge on any atom is -0.333 e. The first-order valence-electron chi connectivity index (χ1n) is 9.58. The maximum atomic E-state index is 12.3. The molecule has 1 fully saturated rings. The molecule has 0 radical (unpaired) electrons. The first-order chi connectivity index (χ1) is 13.0. The summed E-state index contributed by atoms with van der Waals surface area (Å²) in [6.07, 6.45) is 3.71. The van der Waals surface area contributed by atoms with Crippen LogP contribution in [0.5, 0.6) is 0 Å². The van der Waals surface area contributed by atoms with Gasteiger partial charge in [-0.3, -0.25) is 4.79 Å². The fourth-order valence-corrected chi connectivity index (χ4v) is 3.27. The minimum absolute atomic E-state index is 0.0319. The van der Waals surface area contributed by atoms with E-state index >= 15 is 0 Å². The molecule has 5 heteroatoms. The number of unbranched alkanes of at least 4 members (excludes halogenated alkanes) is 1. The molecule has 1 atom stereocenters. The van der Waals surface area contributed by atoms with E-state index in [-0.39, 0.29) is 18.0 Å². The molecule has 1 aliphatic heterocycles. The molecule has 5 nitrogen and oxygen atoms in total. The SMILES string of the molecule is CCCCc1ccc(NC(=O)N[C@@H]2CC(=O)N(c3ccc(C)cc3)C2)cc1. The largest absolute Gasteiger partial charge is 0.333 e. The van der Waals surface area contributed by atoms with E-state index < -0.39 is 0 Å². The smallest absolute Gasteiger partial charge is 0.319 e. The molecule has 2 aromatic rings. The zero-order valence-electron chi connectivity index (χ0n) is 16.0. The van der Waals surface area contributed by atoms with Gasteiger partial charge in [-0.05, 0) is 49.6 Å². The molecule has 1 aliphatic rings. The van der Waals surface area contributed by atoms with Gasteiger partial charge in [0.2, 0.25) is 5.91 Å². The highest BCUT2D eigenvalue weighted by molar-refractivity contribution is 5.97. The monoisotopic (exact) mass is 365 g/mol. The second-order valence-corrected chi connectivity index (χ2v) is 7.14. The molecular formula is C22H27N3O2.